The fraction of sp³-hybridized carbons (Fsp3) is 0.412. The van der Waals surface area contributed by atoms with Crippen LogP contribution in [0.25, 0.3) is 0 Å². The number of likely N-dealkylation sites (tertiary alicyclic amines) is 1. The van der Waals surface area contributed by atoms with Crippen molar-refractivity contribution in [3.63, 3.8) is 0 Å². The summed E-state index contributed by atoms with van der Waals surface area (Å²) in [4.78, 5) is 27.3. The summed E-state index contributed by atoms with van der Waals surface area (Å²) in [6.07, 6.45) is 2.92. The molecule has 7 nitrogen and oxygen atoms in total. The number of aromatic nitrogens is 3. The van der Waals surface area contributed by atoms with Crippen molar-refractivity contribution in [2.45, 2.75) is 18.9 Å². The van der Waals surface area contributed by atoms with E-state index in [1.54, 1.807) is 25.0 Å². The molecule has 1 saturated heterocycles. The van der Waals surface area contributed by atoms with E-state index in [0.29, 0.717) is 25.2 Å². The highest BCUT2D eigenvalue weighted by Gasteiger charge is 2.32. The van der Waals surface area contributed by atoms with Gasteiger partial charge < -0.3 is 9.80 Å². The SMILES string of the molecule is CN(C)C(=O)c1cn(C2CN(C(=O)CCc3ccccc3)C2)nn1. The number of amides is 2. The Morgan fingerprint density at radius 2 is 1.92 bits per heavy atom. The third-order valence-electron chi connectivity index (χ3n) is 4.20. The van der Waals surface area contributed by atoms with Crippen LogP contribution in [0.4, 0.5) is 0 Å². The van der Waals surface area contributed by atoms with Crippen LogP contribution < -0.4 is 0 Å². The molecule has 0 bridgehead atoms. The van der Waals surface area contributed by atoms with Crippen molar-refractivity contribution in [2.24, 2.45) is 0 Å². The second kappa shape index (κ2) is 6.82. The van der Waals surface area contributed by atoms with Gasteiger partial charge in [-0.2, -0.15) is 0 Å². The fourth-order valence-corrected chi connectivity index (χ4v) is 2.66. The molecule has 1 aliphatic heterocycles. The summed E-state index contributed by atoms with van der Waals surface area (Å²) in [6, 6.07) is 10.1. The molecule has 1 aliphatic rings. The average Bonchev–Trinajstić information content (AvgIpc) is 3.01. The Hall–Kier alpha value is -2.70. The molecular weight excluding hydrogens is 306 g/mol. The number of hydrogen-bond donors (Lipinski definition) is 0. The lowest BCUT2D eigenvalue weighted by molar-refractivity contribution is -0.137. The zero-order valence-corrected chi connectivity index (χ0v) is 13.9. The van der Waals surface area contributed by atoms with Gasteiger partial charge in [-0.1, -0.05) is 35.5 Å². The maximum Gasteiger partial charge on any atom is 0.275 e. The Morgan fingerprint density at radius 3 is 2.58 bits per heavy atom. The molecule has 2 amide bonds. The molecule has 0 spiro atoms. The third-order valence-corrected chi connectivity index (χ3v) is 4.20. The van der Waals surface area contributed by atoms with Gasteiger partial charge in [0, 0.05) is 33.6 Å². The first kappa shape index (κ1) is 16.2. The van der Waals surface area contributed by atoms with E-state index in [1.165, 1.54) is 10.5 Å². The highest BCUT2D eigenvalue weighted by atomic mass is 16.2. The van der Waals surface area contributed by atoms with Crippen LogP contribution in [0.2, 0.25) is 0 Å². The van der Waals surface area contributed by atoms with Gasteiger partial charge in [-0.15, -0.1) is 5.10 Å². The van der Waals surface area contributed by atoms with Crippen LogP contribution in [-0.2, 0) is 11.2 Å². The molecule has 1 aromatic carbocycles. The molecule has 3 rings (SSSR count). The van der Waals surface area contributed by atoms with Gasteiger partial charge in [-0.05, 0) is 12.0 Å². The van der Waals surface area contributed by atoms with Crippen molar-refractivity contribution in [3.05, 3.63) is 47.8 Å². The van der Waals surface area contributed by atoms with Gasteiger partial charge in [-0.3, -0.25) is 9.59 Å². The first-order chi connectivity index (χ1) is 11.5. The highest BCUT2D eigenvalue weighted by Crippen LogP contribution is 2.21. The Kier molecular flexibility index (Phi) is 4.59. The average molecular weight is 327 g/mol. The molecule has 24 heavy (non-hydrogen) atoms. The van der Waals surface area contributed by atoms with E-state index in [0.717, 1.165) is 6.42 Å². The van der Waals surface area contributed by atoms with Gasteiger partial charge in [0.25, 0.3) is 5.91 Å². The fourth-order valence-electron chi connectivity index (χ4n) is 2.66. The Labute approximate surface area is 140 Å². The number of hydrogen-bond acceptors (Lipinski definition) is 4. The van der Waals surface area contributed by atoms with E-state index in [-0.39, 0.29) is 17.9 Å². The quantitative estimate of drug-likeness (QED) is 0.821. The van der Waals surface area contributed by atoms with Crippen LogP contribution in [0.3, 0.4) is 0 Å². The summed E-state index contributed by atoms with van der Waals surface area (Å²) < 4.78 is 1.68. The monoisotopic (exact) mass is 327 g/mol. The van der Waals surface area contributed by atoms with Crippen LogP contribution >= 0.6 is 0 Å². The second-order valence-corrected chi connectivity index (χ2v) is 6.22. The molecule has 2 heterocycles. The second-order valence-electron chi connectivity index (χ2n) is 6.22. The Bertz CT molecular complexity index is 720. The minimum Gasteiger partial charge on any atom is -0.343 e. The molecule has 0 atom stereocenters. The normalized spacial score (nSPS) is 14.3. The van der Waals surface area contributed by atoms with Gasteiger partial charge in [0.15, 0.2) is 5.69 Å². The van der Waals surface area contributed by atoms with E-state index >= 15 is 0 Å². The predicted molar refractivity (Wildman–Crippen MR) is 88.4 cm³/mol. The highest BCUT2D eigenvalue weighted by molar-refractivity contribution is 5.91. The molecule has 0 saturated carbocycles. The molecule has 7 heteroatoms. The number of carbonyl (C=O) groups is 2. The first-order valence-electron chi connectivity index (χ1n) is 8.00. The number of nitrogens with zero attached hydrogens (tertiary/aromatic N) is 5. The van der Waals surface area contributed by atoms with Crippen LogP contribution in [0.5, 0.6) is 0 Å². The van der Waals surface area contributed by atoms with Crippen molar-refractivity contribution >= 4 is 11.8 Å². The molecule has 1 fully saturated rings. The summed E-state index contributed by atoms with van der Waals surface area (Å²) in [5, 5.41) is 7.91. The maximum atomic E-state index is 12.2. The number of carbonyl (C=O) groups excluding carboxylic acids is 2. The topological polar surface area (TPSA) is 71.3 Å². The molecule has 0 N–H and O–H groups in total. The van der Waals surface area contributed by atoms with E-state index < -0.39 is 0 Å². The van der Waals surface area contributed by atoms with Crippen LogP contribution in [0, 0.1) is 0 Å². The van der Waals surface area contributed by atoms with E-state index in [2.05, 4.69) is 10.3 Å². The lowest BCUT2D eigenvalue weighted by Gasteiger charge is -2.39. The smallest absolute Gasteiger partial charge is 0.275 e. The molecule has 1 aromatic heterocycles. The van der Waals surface area contributed by atoms with E-state index in [4.69, 9.17) is 0 Å². The standard InChI is InChI=1S/C17H21N5O2/c1-20(2)17(24)15-12-22(19-18-15)14-10-21(11-14)16(23)9-8-13-6-4-3-5-7-13/h3-7,12,14H,8-11H2,1-2H3. The molecular formula is C17H21N5O2. The summed E-state index contributed by atoms with van der Waals surface area (Å²) in [6.45, 7) is 1.24. The van der Waals surface area contributed by atoms with Crippen LogP contribution in [-0.4, -0.2) is 63.8 Å². The van der Waals surface area contributed by atoms with Crippen LogP contribution in [0.1, 0.15) is 28.5 Å². The summed E-state index contributed by atoms with van der Waals surface area (Å²) in [5.74, 6) is -0.0174. The molecule has 126 valence electrons. The number of aryl methyl sites for hydroxylation is 1. The minimum absolute atomic E-state index is 0.0990. The summed E-state index contributed by atoms with van der Waals surface area (Å²) in [7, 11) is 3.36. The Morgan fingerprint density at radius 1 is 1.21 bits per heavy atom. The summed E-state index contributed by atoms with van der Waals surface area (Å²) >= 11 is 0. The minimum atomic E-state index is -0.170. The maximum absolute atomic E-state index is 12.2. The van der Waals surface area contributed by atoms with Crippen molar-refractivity contribution in [1.82, 2.24) is 24.8 Å². The molecule has 0 aliphatic carbocycles. The largest absolute Gasteiger partial charge is 0.343 e. The van der Waals surface area contributed by atoms with Crippen molar-refractivity contribution in [1.29, 1.82) is 0 Å². The predicted octanol–water partition coefficient (Wildman–Crippen LogP) is 0.996. The zero-order chi connectivity index (χ0) is 17.1. The van der Waals surface area contributed by atoms with Gasteiger partial charge in [0.1, 0.15) is 0 Å². The van der Waals surface area contributed by atoms with Gasteiger partial charge in [0.05, 0.1) is 12.2 Å². The number of rotatable bonds is 5. The Balaban J connectivity index is 1.48. The van der Waals surface area contributed by atoms with Gasteiger partial charge in [0.2, 0.25) is 5.91 Å². The van der Waals surface area contributed by atoms with E-state index in [9.17, 15) is 9.59 Å². The molecule has 2 aromatic rings. The van der Waals surface area contributed by atoms with E-state index in [1.807, 2.05) is 35.2 Å². The van der Waals surface area contributed by atoms with Crippen molar-refractivity contribution in [2.75, 3.05) is 27.2 Å². The number of benzene rings is 1. The zero-order valence-electron chi connectivity index (χ0n) is 13.9. The first-order valence-corrected chi connectivity index (χ1v) is 8.00. The van der Waals surface area contributed by atoms with Gasteiger partial charge >= 0.3 is 0 Å². The lowest BCUT2D eigenvalue weighted by atomic mass is 10.1. The van der Waals surface area contributed by atoms with Gasteiger partial charge in [-0.25, -0.2) is 4.68 Å². The summed E-state index contributed by atoms with van der Waals surface area (Å²) in [5.41, 5.74) is 1.50. The molecule has 0 unspecified atom stereocenters. The lowest BCUT2D eigenvalue weighted by Crippen LogP contribution is -2.51. The van der Waals surface area contributed by atoms with Crippen LogP contribution in [0.15, 0.2) is 36.5 Å². The molecule has 0 radical (unpaired) electrons. The van der Waals surface area contributed by atoms with Crippen molar-refractivity contribution in [3.8, 4) is 0 Å². The third kappa shape index (κ3) is 3.45. The van der Waals surface area contributed by atoms with Crippen molar-refractivity contribution < 1.29 is 9.59 Å².